The van der Waals surface area contributed by atoms with E-state index in [-0.39, 0.29) is 24.0 Å². The smallest absolute Gasteiger partial charge is 0.416 e. The Balaban J connectivity index is 0.00000324. The van der Waals surface area contributed by atoms with E-state index >= 15 is 0 Å². The van der Waals surface area contributed by atoms with Gasteiger partial charge in [0.2, 0.25) is 5.52 Å². The molecule has 0 bridgehead atoms. The minimum atomic E-state index is -4.29. The van der Waals surface area contributed by atoms with Crippen molar-refractivity contribution in [3.05, 3.63) is 71.9 Å². The lowest BCUT2D eigenvalue weighted by Crippen LogP contribution is -3.00. The number of thioether (sulfide) groups is 1. The van der Waals surface area contributed by atoms with Gasteiger partial charge in [-0.3, -0.25) is 0 Å². The molecule has 1 heterocycles. The van der Waals surface area contributed by atoms with E-state index in [9.17, 15) is 13.2 Å². The quantitative estimate of drug-likeness (QED) is 0.135. The molecule has 0 saturated heterocycles. The lowest BCUT2D eigenvalue weighted by molar-refractivity contribution is -0.673. The topological polar surface area (TPSA) is 3.88 Å². The molecule has 0 radical (unpaired) electrons. The molecule has 0 unspecified atom stereocenters. The number of fused-ring (bicyclic) bond motifs is 1. The molecule has 1 aliphatic rings. The molecule has 184 valence electrons. The monoisotopic (exact) mass is 599 g/mol. The van der Waals surface area contributed by atoms with Crippen LogP contribution in [0.25, 0.3) is 10.9 Å². The molecule has 1 aliphatic carbocycles. The summed E-state index contributed by atoms with van der Waals surface area (Å²) < 4.78 is 40.8. The molecule has 0 atom stereocenters. The molecule has 0 spiro atoms. The maximum absolute atomic E-state index is 12.8. The van der Waals surface area contributed by atoms with E-state index in [1.807, 2.05) is 0 Å². The van der Waals surface area contributed by atoms with Gasteiger partial charge < -0.3 is 24.0 Å². The molecule has 0 aliphatic heterocycles. The van der Waals surface area contributed by atoms with Crippen molar-refractivity contribution < 1.29 is 41.7 Å². The fraction of sp³-hybridized carbons (Fsp3) is 0.464. The second-order valence-corrected chi connectivity index (χ2v) is 10.3. The molecular formula is C28H33F3INS. The van der Waals surface area contributed by atoms with Crippen LogP contribution in [-0.4, -0.2) is 0 Å². The number of hydrogen-bond acceptors (Lipinski definition) is 1. The first kappa shape index (κ1) is 27.3. The number of para-hydroxylation sites is 1. The second-order valence-electron chi connectivity index (χ2n) is 9.26. The fourth-order valence-corrected chi connectivity index (χ4v) is 5.81. The number of pyridine rings is 1. The van der Waals surface area contributed by atoms with Gasteiger partial charge in [-0.15, -0.1) is 11.8 Å². The SMILES string of the molecule is FC(F)(F)c1ccc(CSc2cc3ccccc3[n+](CCCCCC3CCCCC3)c2)cc1.[I-]. The minimum Gasteiger partial charge on any atom is -1.00 e. The molecule has 1 fully saturated rings. The van der Waals surface area contributed by atoms with Gasteiger partial charge in [0.05, 0.1) is 10.5 Å². The number of halogens is 4. The molecule has 3 aromatic rings. The Kier molecular flexibility index (Phi) is 10.6. The van der Waals surface area contributed by atoms with Gasteiger partial charge in [-0.05, 0) is 42.2 Å². The molecule has 1 saturated carbocycles. The van der Waals surface area contributed by atoms with E-state index in [1.54, 1.807) is 23.9 Å². The normalized spacial score (nSPS) is 14.8. The standard InChI is InChI=1S/C28H33F3NS.HI/c29-28(30,31)25-16-14-23(15-17-25)21-33-26-19-24-12-6-7-13-27(24)32(20-26)18-8-2-5-11-22-9-3-1-4-10-22;/h6-7,12-17,19-20,22H,1-5,8-11,18,21H2;1H/q+1;/p-1. The summed E-state index contributed by atoms with van der Waals surface area (Å²) in [6.07, 6.45) is 10.2. The molecule has 0 N–H and O–H groups in total. The molecule has 2 aromatic carbocycles. The van der Waals surface area contributed by atoms with Crippen LogP contribution in [0.2, 0.25) is 0 Å². The van der Waals surface area contributed by atoms with Gasteiger partial charge in [-0.25, -0.2) is 0 Å². The maximum Gasteiger partial charge on any atom is 0.416 e. The van der Waals surface area contributed by atoms with Crippen LogP contribution < -0.4 is 28.5 Å². The van der Waals surface area contributed by atoms with Crippen LogP contribution in [0.4, 0.5) is 13.2 Å². The number of alkyl halides is 3. The van der Waals surface area contributed by atoms with E-state index in [1.165, 1.54) is 80.8 Å². The first-order chi connectivity index (χ1) is 16.0. The van der Waals surface area contributed by atoms with Crippen molar-refractivity contribution in [2.45, 2.75) is 81.2 Å². The van der Waals surface area contributed by atoms with Gasteiger partial charge in [0.1, 0.15) is 6.54 Å². The number of benzene rings is 2. The molecular weight excluding hydrogens is 566 g/mol. The van der Waals surface area contributed by atoms with Crippen LogP contribution in [0.5, 0.6) is 0 Å². The number of aromatic nitrogens is 1. The average Bonchev–Trinajstić information content (AvgIpc) is 2.83. The summed E-state index contributed by atoms with van der Waals surface area (Å²) >= 11 is 1.68. The van der Waals surface area contributed by atoms with Crippen LogP contribution >= 0.6 is 11.8 Å². The van der Waals surface area contributed by atoms with E-state index in [0.717, 1.165) is 22.9 Å². The summed E-state index contributed by atoms with van der Waals surface area (Å²) in [6, 6.07) is 16.1. The van der Waals surface area contributed by atoms with Gasteiger partial charge >= 0.3 is 6.18 Å². The van der Waals surface area contributed by atoms with Crippen molar-refractivity contribution in [3.63, 3.8) is 0 Å². The number of hydrogen-bond donors (Lipinski definition) is 0. The number of rotatable bonds is 9. The first-order valence-corrected chi connectivity index (χ1v) is 13.2. The van der Waals surface area contributed by atoms with E-state index in [4.69, 9.17) is 0 Å². The van der Waals surface area contributed by atoms with Crippen LogP contribution in [0.1, 0.15) is 68.9 Å². The van der Waals surface area contributed by atoms with Crippen LogP contribution in [-0.2, 0) is 18.5 Å². The van der Waals surface area contributed by atoms with E-state index in [0.29, 0.717) is 5.75 Å². The summed E-state index contributed by atoms with van der Waals surface area (Å²) in [5.74, 6) is 1.61. The van der Waals surface area contributed by atoms with Gasteiger partial charge in [0.25, 0.3) is 0 Å². The Bertz CT molecular complexity index is 1030. The lowest BCUT2D eigenvalue weighted by atomic mass is 9.85. The number of unbranched alkanes of at least 4 members (excludes halogenated alkanes) is 2. The zero-order chi connectivity index (χ0) is 23.1. The average molecular weight is 600 g/mol. The second kappa shape index (κ2) is 13.1. The summed E-state index contributed by atoms with van der Waals surface area (Å²) in [4.78, 5) is 1.15. The highest BCUT2D eigenvalue weighted by molar-refractivity contribution is 7.98. The molecule has 6 heteroatoms. The Hall–Kier alpha value is -1.28. The van der Waals surface area contributed by atoms with Crippen molar-refractivity contribution in [1.29, 1.82) is 0 Å². The minimum absolute atomic E-state index is 0. The largest absolute Gasteiger partial charge is 1.00 e. The zero-order valence-electron chi connectivity index (χ0n) is 19.5. The summed E-state index contributed by atoms with van der Waals surface area (Å²) in [6.45, 7) is 1.000. The molecule has 1 nitrogen and oxygen atoms in total. The van der Waals surface area contributed by atoms with Crippen molar-refractivity contribution in [3.8, 4) is 0 Å². The lowest BCUT2D eigenvalue weighted by Gasteiger charge is -2.21. The fourth-order valence-electron chi connectivity index (χ4n) is 4.87. The highest BCUT2D eigenvalue weighted by atomic mass is 127. The predicted octanol–water partition coefficient (Wildman–Crippen LogP) is 5.58. The third-order valence-corrected chi connectivity index (χ3v) is 7.78. The number of aryl methyl sites for hydroxylation is 1. The van der Waals surface area contributed by atoms with Crippen LogP contribution in [0.3, 0.4) is 0 Å². The van der Waals surface area contributed by atoms with Gasteiger partial charge in [0.15, 0.2) is 6.20 Å². The Labute approximate surface area is 222 Å². The van der Waals surface area contributed by atoms with Crippen molar-refractivity contribution in [2.24, 2.45) is 5.92 Å². The Morgan fingerprint density at radius 3 is 2.35 bits per heavy atom. The Morgan fingerprint density at radius 1 is 0.882 bits per heavy atom. The molecule has 4 rings (SSSR count). The third-order valence-electron chi connectivity index (χ3n) is 6.75. The molecule has 34 heavy (non-hydrogen) atoms. The maximum atomic E-state index is 12.8. The summed E-state index contributed by atoms with van der Waals surface area (Å²) in [7, 11) is 0. The molecule has 0 amide bonds. The van der Waals surface area contributed by atoms with Gasteiger partial charge in [-0.2, -0.15) is 17.7 Å². The highest BCUT2D eigenvalue weighted by Crippen LogP contribution is 2.31. The highest BCUT2D eigenvalue weighted by Gasteiger charge is 2.29. The van der Waals surface area contributed by atoms with Crippen molar-refractivity contribution in [2.75, 3.05) is 0 Å². The van der Waals surface area contributed by atoms with Gasteiger partial charge in [0, 0.05) is 23.6 Å². The zero-order valence-corrected chi connectivity index (χ0v) is 22.5. The van der Waals surface area contributed by atoms with Crippen LogP contribution in [0, 0.1) is 5.92 Å². The third kappa shape index (κ3) is 7.87. The van der Waals surface area contributed by atoms with Crippen molar-refractivity contribution >= 4 is 22.7 Å². The Morgan fingerprint density at radius 2 is 1.62 bits per heavy atom. The van der Waals surface area contributed by atoms with E-state index in [2.05, 4.69) is 41.1 Å². The number of nitrogens with zero attached hydrogens (tertiary/aromatic N) is 1. The summed E-state index contributed by atoms with van der Waals surface area (Å²) in [5, 5.41) is 1.21. The van der Waals surface area contributed by atoms with Crippen LogP contribution in [0.15, 0.2) is 65.7 Å². The van der Waals surface area contributed by atoms with Crippen molar-refractivity contribution in [1.82, 2.24) is 0 Å². The first-order valence-electron chi connectivity index (χ1n) is 12.2. The van der Waals surface area contributed by atoms with Gasteiger partial charge in [-0.1, -0.05) is 69.2 Å². The predicted molar refractivity (Wildman–Crippen MR) is 130 cm³/mol. The molecule has 1 aromatic heterocycles. The summed E-state index contributed by atoms with van der Waals surface area (Å²) in [5.41, 5.74) is 1.54. The van der Waals surface area contributed by atoms with E-state index < -0.39 is 11.7 Å².